The quantitative estimate of drug-likeness (QED) is 0.412. The van der Waals surface area contributed by atoms with Crippen LogP contribution in [0.15, 0.2) is 23.9 Å². The topological polar surface area (TPSA) is 63.6 Å². The number of hydrogen-bond donors (Lipinski definition) is 1. The Bertz CT molecular complexity index is 232. The Balaban J connectivity index is 3.95. The van der Waals surface area contributed by atoms with Gasteiger partial charge in [-0.05, 0) is 6.08 Å². The third-order valence-corrected chi connectivity index (χ3v) is 1.18. The van der Waals surface area contributed by atoms with E-state index in [1.54, 1.807) is 0 Å². The van der Waals surface area contributed by atoms with E-state index < -0.39 is 17.0 Å². The molecule has 0 fully saturated rings. The zero-order chi connectivity index (χ0) is 9.56. The number of hydrogen-bond acceptors (Lipinski definition) is 3. The molecule has 0 heterocycles. The van der Waals surface area contributed by atoms with Gasteiger partial charge in [0.2, 0.25) is 0 Å². The molecule has 0 aromatic heterocycles. The van der Waals surface area contributed by atoms with Crippen LogP contribution >= 0.6 is 11.6 Å². The molecule has 4 nitrogen and oxygen atoms in total. The first-order chi connectivity index (χ1) is 5.57. The fraction of sp³-hybridized carbons (Fsp3) is 0.143. The standard InChI is InChI=1S/C7H7ClO4/c1-2-12-6(9)4-3-5(8)7(10)11/h2-3H,1,4H2,(H,10,11)/b5-3-. The molecule has 0 aliphatic rings. The highest BCUT2D eigenvalue weighted by atomic mass is 35.5. The number of carbonyl (C=O) groups is 2. The van der Waals surface area contributed by atoms with Gasteiger partial charge in [-0.2, -0.15) is 0 Å². The molecular formula is C7H7ClO4. The van der Waals surface area contributed by atoms with E-state index in [1.165, 1.54) is 0 Å². The predicted octanol–water partition coefficient (Wildman–Crippen LogP) is 1.27. The van der Waals surface area contributed by atoms with Crippen LogP contribution in [0, 0.1) is 0 Å². The summed E-state index contributed by atoms with van der Waals surface area (Å²) < 4.78 is 4.30. The van der Waals surface area contributed by atoms with E-state index in [-0.39, 0.29) is 6.42 Å². The van der Waals surface area contributed by atoms with Crippen molar-refractivity contribution in [2.45, 2.75) is 6.42 Å². The molecule has 0 bridgehead atoms. The summed E-state index contributed by atoms with van der Waals surface area (Å²) >= 11 is 5.19. The van der Waals surface area contributed by atoms with Gasteiger partial charge in [-0.3, -0.25) is 4.79 Å². The number of carbonyl (C=O) groups excluding carboxylic acids is 1. The number of carboxylic acids is 1. The summed E-state index contributed by atoms with van der Waals surface area (Å²) in [5, 5.41) is 7.85. The summed E-state index contributed by atoms with van der Waals surface area (Å²) in [5.41, 5.74) is 0. The number of rotatable bonds is 4. The Hall–Kier alpha value is -1.29. The van der Waals surface area contributed by atoms with Crippen molar-refractivity contribution in [2.24, 2.45) is 0 Å². The number of esters is 1. The van der Waals surface area contributed by atoms with Crippen molar-refractivity contribution in [3.63, 3.8) is 0 Å². The molecule has 12 heavy (non-hydrogen) atoms. The van der Waals surface area contributed by atoms with Crippen molar-refractivity contribution < 1.29 is 19.4 Å². The predicted molar refractivity (Wildman–Crippen MR) is 42.5 cm³/mol. The highest BCUT2D eigenvalue weighted by Gasteiger charge is 2.04. The van der Waals surface area contributed by atoms with Crippen LogP contribution in [0.5, 0.6) is 0 Å². The molecule has 0 atom stereocenters. The van der Waals surface area contributed by atoms with Gasteiger partial charge in [0, 0.05) is 0 Å². The van der Waals surface area contributed by atoms with Crippen LogP contribution in [0.2, 0.25) is 0 Å². The molecule has 0 radical (unpaired) electrons. The van der Waals surface area contributed by atoms with Crippen molar-refractivity contribution in [1.82, 2.24) is 0 Å². The van der Waals surface area contributed by atoms with Crippen molar-refractivity contribution in [3.8, 4) is 0 Å². The summed E-state index contributed by atoms with van der Waals surface area (Å²) in [6.45, 7) is 3.15. The smallest absolute Gasteiger partial charge is 0.346 e. The maximum absolute atomic E-state index is 10.6. The highest BCUT2D eigenvalue weighted by molar-refractivity contribution is 6.40. The van der Waals surface area contributed by atoms with Gasteiger partial charge in [0.1, 0.15) is 5.03 Å². The first kappa shape index (κ1) is 10.7. The molecule has 0 spiro atoms. The summed E-state index contributed by atoms with van der Waals surface area (Å²) in [5.74, 6) is -1.88. The second-order valence-corrected chi connectivity index (χ2v) is 2.13. The van der Waals surface area contributed by atoms with Gasteiger partial charge in [-0.1, -0.05) is 18.2 Å². The molecule has 0 aromatic rings. The lowest BCUT2D eigenvalue weighted by atomic mass is 10.4. The second kappa shape index (κ2) is 5.37. The SMILES string of the molecule is C=COC(=O)C/C=C(\Cl)C(=O)O. The van der Waals surface area contributed by atoms with Crippen molar-refractivity contribution in [2.75, 3.05) is 0 Å². The van der Waals surface area contributed by atoms with Crippen LogP contribution in [0.4, 0.5) is 0 Å². The average Bonchev–Trinajstić information content (AvgIpc) is 2.00. The Kier molecular flexibility index (Phi) is 4.79. The van der Waals surface area contributed by atoms with Crippen LogP contribution < -0.4 is 0 Å². The zero-order valence-electron chi connectivity index (χ0n) is 6.12. The molecule has 0 aromatic carbocycles. The Morgan fingerprint density at radius 2 is 2.17 bits per heavy atom. The van der Waals surface area contributed by atoms with E-state index in [4.69, 9.17) is 16.7 Å². The summed E-state index contributed by atoms with van der Waals surface area (Å²) in [4.78, 5) is 20.7. The molecule has 5 heteroatoms. The fourth-order valence-corrected chi connectivity index (χ4v) is 0.478. The van der Waals surface area contributed by atoms with Gasteiger partial charge in [-0.25, -0.2) is 4.79 Å². The first-order valence-electron chi connectivity index (χ1n) is 2.97. The average molecular weight is 191 g/mol. The molecule has 0 rings (SSSR count). The van der Waals surface area contributed by atoms with E-state index in [1.807, 2.05) is 0 Å². The number of ether oxygens (including phenoxy) is 1. The summed E-state index contributed by atoms with van der Waals surface area (Å²) in [7, 11) is 0. The molecular weight excluding hydrogens is 184 g/mol. The molecule has 0 unspecified atom stereocenters. The molecule has 0 saturated carbocycles. The molecule has 0 saturated heterocycles. The second-order valence-electron chi connectivity index (χ2n) is 1.72. The zero-order valence-corrected chi connectivity index (χ0v) is 6.87. The van der Waals surface area contributed by atoms with Gasteiger partial charge in [0.05, 0.1) is 12.7 Å². The van der Waals surface area contributed by atoms with E-state index >= 15 is 0 Å². The molecule has 0 amide bonds. The molecule has 1 N–H and O–H groups in total. The minimum Gasteiger partial charge on any atom is -0.477 e. The lowest BCUT2D eigenvalue weighted by molar-refractivity contribution is -0.136. The minimum absolute atomic E-state index is 0.183. The Labute approximate surface area is 74.1 Å². The van der Waals surface area contributed by atoms with E-state index in [0.29, 0.717) is 0 Å². The lowest BCUT2D eigenvalue weighted by Crippen LogP contribution is -1.99. The van der Waals surface area contributed by atoms with Crippen molar-refractivity contribution in [1.29, 1.82) is 0 Å². The number of halogens is 1. The third kappa shape index (κ3) is 4.51. The van der Waals surface area contributed by atoms with Crippen LogP contribution in [-0.4, -0.2) is 17.0 Å². The van der Waals surface area contributed by atoms with Crippen LogP contribution in [-0.2, 0) is 14.3 Å². The first-order valence-corrected chi connectivity index (χ1v) is 3.35. The number of aliphatic carboxylic acids is 1. The normalized spacial score (nSPS) is 10.6. The third-order valence-electron chi connectivity index (χ3n) is 0.867. The van der Waals surface area contributed by atoms with E-state index in [2.05, 4.69) is 11.3 Å². The van der Waals surface area contributed by atoms with Crippen molar-refractivity contribution >= 4 is 23.5 Å². The number of carboxylic acid groups (broad SMARTS) is 1. The molecule has 0 aliphatic heterocycles. The van der Waals surface area contributed by atoms with Gasteiger partial charge < -0.3 is 9.84 Å². The van der Waals surface area contributed by atoms with Crippen LogP contribution in [0.25, 0.3) is 0 Å². The van der Waals surface area contributed by atoms with Gasteiger partial charge in [-0.15, -0.1) is 0 Å². The lowest BCUT2D eigenvalue weighted by Gasteiger charge is -1.93. The summed E-state index contributed by atoms with van der Waals surface area (Å²) in [6, 6.07) is 0. The molecule has 66 valence electrons. The van der Waals surface area contributed by atoms with Gasteiger partial charge >= 0.3 is 11.9 Å². The van der Waals surface area contributed by atoms with E-state index in [9.17, 15) is 9.59 Å². The van der Waals surface area contributed by atoms with E-state index in [0.717, 1.165) is 12.3 Å². The highest BCUT2D eigenvalue weighted by Crippen LogP contribution is 2.03. The Morgan fingerprint density at radius 1 is 1.58 bits per heavy atom. The summed E-state index contributed by atoms with van der Waals surface area (Å²) in [6.07, 6.45) is 1.83. The van der Waals surface area contributed by atoms with Gasteiger partial charge in [0.25, 0.3) is 0 Å². The van der Waals surface area contributed by atoms with Crippen molar-refractivity contribution in [3.05, 3.63) is 23.9 Å². The minimum atomic E-state index is -1.27. The maximum atomic E-state index is 10.6. The van der Waals surface area contributed by atoms with Crippen LogP contribution in [0.1, 0.15) is 6.42 Å². The largest absolute Gasteiger partial charge is 0.477 e. The molecule has 0 aliphatic carbocycles. The monoisotopic (exact) mass is 190 g/mol. The van der Waals surface area contributed by atoms with Crippen LogP contribution in [0.3, 0.4) is 0 Å². The fourth-order valence-electron chi connectivity index (χ4n) is 0.401. The Morgan fingerprint density at radius 3 is 2.58 bits per heavy atom. The van der Waals surface area contributed by atoms with Gasteiger partial charge in [0.15, 0.2) is 0 Å². The maximum Gasteiger partial charge on any atom is 0.346 e.